The lowest BCUT2D eigenvalue weighted by atomic mass is 10.3. The minimum atomic E-state index is 0.590. The number of aromatic nitrogens is 1. The molecule has 0 radical (unpaired) electrons. The van der Waals surface area contributed by atoms with Crippen LogP contribution < -0.4 is 0 Å². The molecule has 2 rings (SSSR count). The number of halogens is 1. The molecule has 3 heteroatoms. The zero-order valence-corrected chi connectivity index (χ0v) is 7.95. The van der Waals surface area contributed by atoms with Crippen molar-refractivity contribution in [3.8, 4) is 0 Å². The lowest BCUT2D eigenvalue weighted by molar-refractivity contribution is 1.24. The Balaban J connectivity index is 2.47. The quantitative estimate of drug-likeness (QED) is 0.576. The molecule has 62 valence electrons. The first-order valence-electron chi connectivity index (χ1n) is 3.66. The van der Waals surface area contributed by atoms with E-state index in [2.05, 4.69) is 23.2 Å². The van der Waals surface area contributed by atoms with Gasteiger partial charge in [0.05, 0.1) is 10.2 Å². The van der Waals surface area contributed by atoms with Gasteiger partial charge in [0, 0.05) is 10.9 Å². The van der Waals surface area contributed by atoms with Crippen molar-refractivity contribution in [1.82, 2.24) is 4.98 Å². The van der Waals surface area contributed by atoms with Crippen LogP contribution in [0.2, 0.25) is 0 Å². The van der Waals surface area contributed by atoms with E-state index in [1.807, 2.05) is 12.1 Å². The van der Waals surface area contributed by atoms with Crippen LogP contribution in [0, 0.1) is 0 Å². The molecule has 1 N–H and O–H groups in total. The smallest absolute Gasteiger partial charge is 0.0744 e. The molecule has 0 saturated heterocycles. The molecule has 0 aliphatic heterocycles. The topological polar surface area (TPSA) is 15.8 Å². The van der Waals surface area contributed by atoms with E-state index in [4.69, 9.17) is 11.6 Å². The average Bonchev–Trinajstić information content (AvgIpc) is 2.47. The second-order valence-electron chi connectivity index (χ2n) is 2.47. The van der Waals surface area contributed by atoms with Crippen molar-refractivity contribution < 1.29 is 0 Å². The highest BCUT2D eigenvalue weighted by Gasteiger charge is 1.98. The summed E-state index contributed by atoms with van der Waals surface area (Å²) in [4.78, 5) is 3.28. The van der Waals surface area contributed by atoms with E-state index in [9.17, 15) is 0 Å². The Morgan fingerprint density at radius 2 is 2.17 bits per heavy atom. The summed E-state index contributed by atoms with van der Waals surface area (Å²) in [6, 6.07) is 10.3. The summed E-state index contributed by atoms with van der Waals surface area (Å²) in [7, 11) is 0. The predicted octanol–water partition coefficient (Wildman–Crippen LogP) is 3.46. The highest BCUT2D eigenvalue weighted by atomic mass is 35.5. The van der Waals surface area contributed by atoms with E-state index < -0.39 is 0 Å². The van der Waals surface area contributed by atoms with Crippen LogP contribution in [0.15, 0.2) is 35.4 Å². The van der Waals surface area contributed by atoms with Gasteiger partial charge in [-0.1, -0.05) is 30.0 Å². The zero-order chi connectivity index (χ0) is 8.39. The molecule has 0 atom stereocenters. The van der Waals surface area contributed by atoms with E-state index >= 15 is 0 Å². The number of rotatable bonds is 2. The molecule has 2 aromatic rings. The summed E-state index contributed by atoms with van der Waals surface area (Å²) in [5, 5.41) is 2.96. The number of benzene rings is 1. The molecule has 1 aromatic heterocycles. The number of nitrogens with one attached hydrogen (secondary N) is 1. The first-order valence-corrected chi connectivity index (χ1v) is 5.18. The van der Waals surface area contributed by atoms with Gasteiger partial charge in [0.1, 0.15) is 0 Å². The Labute approximate surface area is 80.1 Å². The third kappa shape index (κ3) is 1.45. The summed E-state index contributed by atoms with van der Waals surface area (Å²) >= 11 is 7.22. The lowest BCUT2D eigenvalue weighted by Crippen LogP contribution is -1.67. The number of H-pyrrole nitrogens is 1. The first kappa shape index (κ1) is 8.02. The monoisotopic (exact) mass is 197 g/mol. The van der Waals surface area contributed by atoms with Crippen molar-refractivity contribution in [3.05, 3.63) is 30.3 Å². The Kier molecular flexibility index (Phi) is 2.28. The van der Waals surface area contributed by atoms with E-state index in [1.165, 1.54) is 10.9 Å². The van der Waals surface area contributed by atoms with Gasteiger partial charge in [-0.3, -0.25) is 0 Å². The van der Waals surface area contributed by atoms with Gasteiger partial charge in [-0.15, -0.1) is 11.6 Å². The minimum absolute atomic E-state index is 0.590. The highest BCUT2D eigenvalue weighted by Crippen LogP contribution is 2.23. The van der Waals surface area contributed by atoms with Gasteiger partial charge in [-0.2, -0.15) is 0 Å². The average molecular weight is 198 g/mol. The van der Waals surface area contributed by atoms with E-state index in [0.29, 0.717) is 5.21 Å². The van der Waals surface area contributed by atoms with Crippen LogP contribution in [0.3, 0.4) is 0 Å². The molecule has 0 unspecified atom stereocenters. The largest absolute Gasteiger partial charge is 0.350 e. The maximum atomic E-state index is 5.61. The summed E-state index contributed by atoms with van der Waals surface area (Å²) in [6.07, 6.45) is 0. The Morgan fingerprint density at radius 3 is 2.92 bits per heavy atom. The van der Waals surface area contributed by atoms with Gasteiger partial charge in [0.2, 0.25) is 0 Å². The predicted molar refractivity (Wildman–Crippen MR) is 54.9 cm³/mol. The molecule has 1 heterocycles. The highest BCUT2D eigenvalue weighted by molar-refractivity contribution is 8.00. The zero-order valence-electron chi connectivity index (χ0n) is 6.38. The lowest BCUT2D eigenvalue weighted by Gasteiger charge is -1.87. The molecule has 0 bridgehead atoms. The van der Waals surface area contributed by atoms with Crippen LogP contribution in [-0.4, -0.2) is 10.2 Å². The Morgan fingerprint density at radius 1 is 1.33 bits per heavy atom. The van der Waals surface area contributed by atoms with Gasteiger partial charge >= 0.3 is 0 Å². The number of para-hydroxylation sites is 1. The fourth-order valence-electron chi connectivity index (χ4n) is 1.18. The Bertz CT molecular complexity index is 350. The van der Waals surface area contributed by atoms with E-state index in [-0.39, 0.29) is 0 Å². The molecule has 0 spiro atoms. The van der Waals surface area contributed by atoms with Gasteiger partial charge in [0.15, 0.2) is 0 Å². The minimum Gasteiger partial charge on any atom is -0.350 e. The number of thioether (sulfide) groups is 1. The van der Waals surface area contributed by atoms with Crippen LogP contribution in [0.5, 0.6) is 0 Å². The van der Waals surface area contributed by atoms with Crippen molar-refractivity contribution >= 4 is 34.3 Å². The number of alkyl halides is 1. The van der Waals surface area contributed by atoms with Crippen molar-refractivity contribution in [2.45, 2.75) is 5.03 Å². The molecule has 0 aliphatic carbocycles. The molecular weight excluding hydrogens is 190 g/mol. The summed E-state index contributed by atoms with van der Waals surface area (Å²) in [6.45, 7) is 0. The van der Waals surface area contributed by atoms with Gasteiger partial charge in [-0.05, 0) is 12.1 Å². The van der Waals surface area contributed by atoms with Crippen LogP contribution in [-0.2, 0) is 0 Å². The second-order valence-corrected chi connectivity index (χ2v) is 4.08. The Hall–Kier alpha value is -0.600. The fourth-order valence-corrected chi connectivity index (χ4v) is 2.05. The normalized spacial score (nSPS) is 10.8. The van der Waals surface area contributed by atoms with Gasteiger partial charge < -0.3 is 4.98 Å². The fraction of sp³-hybridized carbons (Fsp3) is 0.111. The van der Waals surface area contributed by atoms with Crippen LogP contribution in [0.1, 0.15) is 0 Å². The molecule has 0 saturated carbocycles. The SMILES string of the molecule is ClCSc1cc2ccccc2[nH]1. The van der Waals surface area contributed by atoms with Gasteiger partial charge in [0.25, 0.3) is 0 Å². The van der Waals surface area contributed by atoms with Crippen LogP contribution in [0.4, 0.5) is 0 Å². The molecule has 1 nitrogen and oxygen atoms in total. The summed E-state index contributed by atoms with van der Waals surface area (Å²) in [5.41, 5.74) is 1.17. The molecule has 0 fully saturated rings. The number of hydrogen-bond donors (Lipinski definition) is 1. The van der Waals surface area contributed by atoms with Crippen molar-refractivity contribution in [2.75, 3.05) is 5.21 Å². The van der Waals surface area contributed by atoms with Crippen molar-refractivity contribution in [2.24, 2.45) is 0 Å². The van der Waals surface area contributed by atoms with E-state index in [0.717, 1.165) is 5.03 Å². The standard InChI is InChI=1S/C9H8ClNS/c10-6-12-9-5-7-3-1-2-4-8(7)11-9/h1-5,11H,6H2. The third-order valence-corrected chi connectivity index (χ3v) is 2.68. The first-order chi connectivity index (χ1) is 5.90. The van der Waals surface area contributed by atoms with Crippen molar-refractivity contribution in [3.63, 3.8) is 0 Å². The maximum absolute atomic E-state index is 5.61. The number of aromatic amines is 1. The third-order valence-electron chi connectivity index (χ3n) is 1.72. The van der Waals surface area contributed by atoms with Crippen LogP contribution >= 0.6 is 23.4 Å². The van der Waals surface area contributed by atoms with Crippen molar-refractivity contribution in [1.29, 1.82) is 0 Å². The van der Waals surface area contributed by atoms with Gasteiger partial charge in [-0.25, -0.2) is 0 Å². The summed E-state index contributed by atoms with van der Waals surface area (Å²) in [5.74, 6) is 0. The van der Waals surface area contributed by atoms with E-state index in [1.54, 1.807) is 11.8 Å². The molecule has 12 heavy (non-hydrogen) atoms. The number of fused-ring (bicyclic) bond motifs is 1. The summed E-state index contributed by atoms with van der Waals surface area (Å²) < 4.78 is 0. The molecule has 0 aliphatic rings. The second kappa shape index (κ2) is 3.42. The molecule has 0 amide bonds. The molecular formula is C9H8ClNS. The number of hydrogen-bond acceptors (Lipinski definition) is 1. The van der Waals surface area contributed by atoms with Crippen LogP contribution in [0.25, 0.3) is 10.9 Å². The maximum Gasteiger partial charge on any atom is 0.0744 e. The molecule has 1 aromatic carbocycles.